The summed E-state index contributed by atoms with van der Waals surface area (Å²) < 4.78 is 0.707. The zero-order chi connectivity index (χ0) is 11.8. The third kappa shape index (κ3) is 2.14. The second-order valence-corrected chi connectivity index (χ2v) is 6.87. The predicted octanol–water partition coefficient (Wildman–Crippen LogP) is 4.17. The molecule has 92 valence electrons. The summed E-state index contributed by atoms with van der Waals surface area (Å²) in [5, 5.41) is 0. The molecule has 1 fully saturated rings. The summed E-state index contributed by atoms with van der Waals surface area (Å²) in [6.07, 6.45) is 5.66. The van der Waals surface area contributed by atoms with Crippen LogP contribution >= 0.6 is 22.6 Å². The summed E-state index contributed by atoms with van der Waals surface area (Å²) in [6.45, 7) is 1.14. The van der Waals surface area contributed by atoms with Crippen molar-refractivity contribution in [1.29, 1.82) is 0 Å². The summed E-state index contributed by atoms with van der Waals surface area (Å²) in [5.41, 5.74) is 3.14. The average molecular weight is 341 g/mol. The van der Waals surface area contributed by atoms with Gasteiger partial charge < -0.3 is 0 Å². The van der Waals surface area contributed by atoms with E-state index in [1.54, 1.807) is 11.1 Å². The predicted molar refractivity (Wildman–Crippen MR) is 80.4 cm³/mol. The second-order valence-electron chi connectivity index (χ2n) is 5.53. The van der Waals surface area contributed by atoms with Gasteiger partial charge in [0, 0.05) is 16.5 Å². The van der Waals surface area contributed by atoms with Crippen LogP contribution in [0.3, 0.4) is 0 Å². The molecule has 1 heterocycles. The highest BCUT2D eigenvalue weighted by atomic mass is 127. The van der Waals surface area contributed by atoms with Gasteiger partial charge in [0.05, 0.1) is 0 Å². The Balaban J connectivity index is 2.01. The lowest BCUT2D eigenvalue weighted by atomic mass is 9.81. The van der Waals surface area contributed by atoms with Crippen molar-refractivity contribution in [3.8, 4) is 0 Å². The molecule has 0 saturated heterocycles. The van der Waals surface area contributed by atoms with Gasteiger partial charge >= 0.3 is 0 Å². The van der Waals surface area contributed by atoms with E-state index < -0.39 is 0 Å². The summed E-state index contributed by atoms with van der Waals surface area (Å²) in [7, 11) is 2.31. The van der Waals surface area contributed by atoms with E-state index in [2.05, 4.69) is 58.8 Å². The lowest BCUT2D eigenvalue weighted by Gasteiger charge is -2.38. The van der Waals surface area contributed by atoms with Gasteiger partial charge in [-0.2, -0.15) is 0 Å². The Bertz CT molecular complexity index is 404. The molecule has 0 radical (unpaired) electrons. The van der Waals surface area contributed by atoms with Crippen molar-refractivity contribution >= 4 is 22.6 Å². The van der Waals surface area contributed by atoms with Crippen LogP contribution in [0.25, 0.3) is 0 Å². The normalized spacial score (nSPS) is 33.6. The fraction of sp³-hybridized carbons (Fsp3) is 0.600. The van der Waals surface area contributed by atoms with Crippen LogP contribution in [0.2, 0.25) is 0 Å². The topological polar surface area (TPSA) is 3.24 Å². The van der Waals surface area contributed by atoms with Crippen molar-refractivity contribution in [2.24, 2.45) is 5.92 Å². The molecule has 2 heteroatoms. The van der Waals surface area contributed by atoms with Gasteiger partial charge in [0.15, 0.2) is 0 Å². The van der Waals surface area contributed by atoms with E-state index >= 15 is 0 Å². The van der Waals surface area contributed by atoms with Crippen LogP contribution in [0.4, 0.5) is 0 Å². The molecular formula is C15H20IN. The first-order valence-corrected chi connectivity index (χ1v) is 7.94. The van der Waals surface area contributed by atoms with Gasteiger partial charge in [0.25, 0.3) is 0 Å². The minimum absolute atomic E-state index is 0.707. The Labute approximate surface area is 118 Å². The molecule has 3 unspecified atom stereocenters. The van der Waals surface area contributed by atoms with Gasteiger partial charge in [-0.15, -0.1) is 0 Å². The molecule has 2 aliphatic rings. The van der Waals surface area contributed by atoms with Crippen LogP contribution in [-0.4, -0.2) is 18.0 Å². The highest BCUT2D eigenvalue weighted by molar-refractivity contribution is 14.1. The maximum atomic E-state index is 2.69. The maximum absolute atomic E-state index is 2.69. The van der Waals surface area contributed by atoms with Crippen molar-refractivity contribution in [3.63, 3.8) is 0 Å². The lowest BCUT2D eigenvalue weighted by Crippen LogP contribution is -2.39. The highest BCUT2D eigenvalue weighted by Crippen LogP contribution is 2.45. The molecular weight excluding hydrogens is 321 g/mol. The molecule has 1 aliphatic carbocycles. The summed E-state index contributed by atoms with van der Waals surface area (Å²) in [4.78, 5) is 2.60. The second kappa shape index (κ2) is 4.88. The first-order valence-electron chi connectivity index (χ1n) is 6.69. The smallest absolute Gasteiger partial charge is 0.0405 e. The van der Waals surface area contributed by atoms with Gasteiger partial charge in [-0.05, 0) is 36.9 Å². The lowest BCUT2D eigenvalue weighted by molar-refractivity contribution is 0.132. The third-order valence-electron chi connectivity index (χ3n) is 4.50. The minimum Gasteiger partial charge on any atom is -0.299 e. The Morgan fingerprint density at radius 2 is 1.94 bits per heavy atom. The number of alkyl halides is 1. The SMILES string of the molecule is CN1Cc2ccccc2C(I)C2CCCCC21. The molecule has 1 aromatic carbocycles. The Kier molecular flexibility index (Phi) is 3.44. The fourth-order valence-electron chi connectivity index (χ4n) is 3.59. The Hall–Kier alpha value is -0.0900. The van der Waals surface area contributed by atoms with Crippen molar-refractivity contribution in [2.75, 3.05) is 7.05 Å². The number of nitrogens with zero attached hydrogens (tertiary/aromatic N) is 1. The third-order valence-corrected chi connectivity index (χ3v) is 6.09. The standard InChI is InChI=1S/C15H20IN/c1-17-10-11-6-2-3-7-12(11)15(16)13-8-4-5-9-14(13)17/h2-3,6-7,13-15H,4-5,8-10H2,1H3. The molecule has 3 atom stereocenters. The van der Waals surface area contributed by atoms with Crippen LogP contribution in [0, 0.1) is 5.92 Å². The largest absolute Gasteiger partial charge is 0.299 e. The number of benzene rings is 1. The van der Waals surface area contributed by atoms with Gasteiger partial charge in [-0.1, -0.05) is 59.7 Å². The molecule has 0 aromatic heterocycles. The van der Waals surface area contributed by atoms with Crippen molar-refractivity contribution in [3.05, 3.63) is 35.4 Å². The monoisotopic (exact) mass is 341 g/mol. The molecule has 0 spiro atoms. The van der Waals surface area contributed by atoms with E-state index in [0.29, 0.717) is 3.92 Å². The summed E-state index contributed by atoms with van der Waals surface area (Å²) >= 11 is 2.69. The highest BCUT2D eigenvalue weighted by Gasteiger charge is 2.36. The number of rotatable bonds is 0. The van der Waals surface area contributed by atoms with Crippen LogP contribution in [0.5, 0.6) is 0 Å². The van der Waals surface area contributed by atoms with E-state index in [4.69, 9.17) is 0 Å². The number of fused-ring (bicyclic) bond motifs is 2. The van der Waals surface area contributed by atoms with Crippen molar-refractivity contribution in [1.82, 2.24) is 4.90 Å². The Morgan fingerprint density at radius 3 is 2.82 bits per heavy atom. The molecule has 1 aromatic rings. The van der Waals surface area contributed by atoms with Crippen molar-refractivity contribution in [2.45, 2.75) is 42.2 Å². The molecule has 3 rings (SSSR count). The molecule has 17 heavy (non-hydrogen) atoms. The van der Waals surface area contributed by atoms with Gasteiger partial charge in [0.2, 0.25) is 0 Å². The first kappa shape index (κ1) is 12.0. The quantitative estimate of drug-likeness (QED) is 0.506. The van der Waals surface area contributed by atoms with Gasteiger partial charge in [-0.3, -0.25) is 4.90 Å². The van der Waals surface area contributed by atoms with E-state index in [-0.39, 0.29) is 0 Å². The summed E-state index contributed by atoms with van der Waals surface area (Å²) in [6, 6.07) is 9.85. The van der Waals surface area contributed by atoms with Crippen LogP contribution in [-0.2, 0) is 6.54 Å². The molecule has 1 saturated carbocycles. The van der Waals surface area contributed by atoms with Gasteiger partial charge in [-0.25, -0.2) is 0 Å². The fourth-order valence-corrected chi connectivity index (χ4v) is 5.04. The van der Waals surface area contributed by atoms with Crippen molar-refractivity contribution < 1.29 is 0 Å². The minimum atomic E-state index is 0.707. The molecule has 1 aliphatic heterocycles. The molecule has 0 bridgehead atoms. The van der Waals surface area contributed by atoms with Gasteiger partial charge in [0.1, 0.15) is 0 Å². The first-order chi connectivity index (χ1) is 8.27. The van der Waals surface area contributed by atoms with Crippen LogP contribution in [0.15, 0.2) is 24.3 Å². The zero-order valence-corrected chi connectivity index (χ0v) is 12.6. The molecule has 0 N–H and O–H groups in total. The number of hydrogen-bond acceptors (Lipinski definition) is 1. The molecule has 0 amide bonds. The average Bonchev–Trinajstić information content (AvgIpc) is 2.48. The number of halogens is 1. The maximum Gasteiger partial charge on any atom is 0.0405 e. The molecule has 1 nitrogen and oxygen atoms in total. The van der Waals surface area contributed by atoms with E-state index in [1.807, 2.05) is 0 Å². The number of hydrogen-bond donors (Lipinski definition) is 0. The van der Waals surface area contributed by atoms with E-state index in [1.165, 1.54) is 25.7 Å². The Morgan fingerprint density at radius 1 is 1.18 bits per heavy atom. The van der Waals surface area contributed by atoms with Crippen LogP contribution in [0.1, 0.15) is 40.7 Å². The van der Waals surface area contributed by atoms with E-state index in [0.717, 1.165) is 18.5 Å². The van der Waals surface area contributed by atoms with E-state index in [9.17, 15) is 0 Å². The van der Waals surface area contributed by atoms with Crippen LogP contribution < -0.4 is 0 Å². The summed E-state index contributed by atoms with van der Waals surface area (Å²) in [5.74, 6) is 0.859. The zero-order valence-electron chi connectivity index (χ0n) is 10.4.